The minimum absolute atomic E-state index is 0.0291. The molecule has 1 aromatic heterocycles. The number of amides is 1. The highest BCUT2D eigenvalue weighted by Gasteiger charge is 2.31. The van der Waals surface area contributed by atoms with Gasteiger partial charge in [-0.2, -0.15) is 8.75 Å². The van der Waals surface area contributed by atoms with E-state index in [-0.39, 0.29) is 5.91 Å². The predicted octanol–water partition coefficient (Wildman–Crippen LogP) is -0.342. The molecule has 6 nitrogen and oxygen atoms in total. The molecule has 0 aliphatic carbocycles. The fraction of sp³-hybridized carbons (Fsp3) is 0.727. The number of aromatic nitrogens is 2. The zero-order valence-electron chi connectivity index (χ0n) is 10.2. The number of carbonyl (C=O) groups excluding carboxylic acids is 1. The number of hydrogen-bond acceptors (Lipinski definition) is 6. The molecule has 7 heteroatoms. The average molecular weight is 267 g/mol. The molecule has 98 valence electrons. The molecular formula is C11H17N5OS. The van der Waals surface area contributed by atoms with Crippen LogP contribution >= 0.6 is 11.7 Å². The Hall–Kier alpha value is -1.05. The van der Waals surface area contributed by atoms with Crippen LogP contribution in [0.5, 0.6) is 0 Å². The third kappa shape index (κ3) is 2.38. The van der Waals surface area contributed by atoms with Crippen LogP contribution in [-0.2, 0) is 0 Å². The van der Waals surface area contributed by atoms with Gasteiger partial charge in [0.2, 0.25) is 0 Å². The molecule has 1 atom stereocenters. The zero-order chi connectivity index (χ0) is 12.4. The van der Waals surface area contributed by atoms with Crippen molar-refractivity contribution < 1.29 is 4.79 Å². The van der Waals surface area contributed by atoms with Crippen LogP contribution < -0.4 is 5.32 Å². The minimum atomic E-state index is 0.0291. The second kappa shape index (κ2) is 5.29. The van der Waals surface area contributed by atoms with Crippen LogP contribution in [-0.4, -0.2) is 69.8 Å². The Balaban J connectivity index is 1.59. The molecule has 3 heterocycles. The Morgan fingerprint density at radius 3 is 2.94 bits per heavy atom. The largest absolute Gasteiger partial charge is 0.336 e. The Morgan fingerprint density at radius 1 is 1.39 bits per heavy atom. The fourth-order valence-corrected chi connectivity index (χ4v) is 3.10. The lowest BCUT2D eigenvalue weighted by Gasteiger charge is -2.32. The first-order valence-corrected chi connectivity index (χ1v) is 7.09. The molecule has 0 spiro atoms. The van der Waals surface area contributed by atoms with E-state index in [4.69, 9.17) is 0 Å². The summed E-state index contributed by atoms with van der Waals surface area (Å²) in [7, 11) is 0. The maximum Gasteiger partial charge on any atom is 0.275 e. The summed E-state index contributed by atoms with van der Waals surface area (Å²) < 4.78 is 7.90. The summed E-state index contributed by atoms with van der Waals surface area (Å²) in [6.45, 7) is 5.96. The summed E-state index contributed by atoms with van der Waals surface area (Å²) in [5.41, 5.74) is 0.487. The molecule has 1 unspecified atom stereocenters. The van der Waals surface area contributed by atoms with Crippen molar-refractivity contribution in [3.05, 3.63) is 11.9 Å². The summed E-state index contributed by atoms with van der Waals surface area (Å²) in [6.07, 6.45) is 2.63. The molecular weight excluding hydrogens is 250 g/mol. The van der Waals surface area contributed by atoms with Gasteiger partial charge >= 0.3 is 0 Å². The molecule has 0 aromatic carbocycles. The number of hydrogen-bond donors (Lipinski definition) is 1. The van der Waals surface area contributed by atoms with Crippen LogP contribution in [0.25, 0.3) is 0 Å². The Morgan fingerprint density at radius 2 is 2.22 bits per heavy atom. The molecule has 1 N–H and O–H groups in total. The molecule has 2 fully saturated rings. The van der Waals surface area contributed by atoms with Crippen molar-refractivity contribution in [2.24, 2.45) is 0 Å². The van der Waals surface area contributed by atoms with Crippen LogP contribution in [0.2, 0.25) is 0 Å². The molecule has 2 aliphatic rings. The van der Waals surface area contributed by atoms with Crippen molar-refractivity contribution in [2.45, 2.75) is 12.5 Å². The summed E-state index contributed by atoms with van der Waals surface area (Å²) >= 11 is 1.09. The van der Waals surface area contributed by atoms with E-state index < -0.39 is 0 Å². The third-order valence-electron chi connectivity index (χ3n) is 3.70. The molecule has 0 saturated carbocycles. The Labute approximate surface area is 110 Å². The van der Waals surface area contributed by atoms with Gasteiger partial charge < -0.3 is 10.2 Å². The number of nitrogens with one attached hydrogen (secondary N) is 1. The van der Waals surface area contributed by atoms with Crippen LogP contribution in [0.3, 0.4) is 0 Å². The highest BCUT2D eigenvalue weighted by molar-refractivity contribution is 6.99. The zero-order valence-corrected chi connectivity index (χ0v) is 11.0. The highest BCUT2D eigenvalue weighted by Crippen LogP contribution is 2.18. The van der Waals surface area contributed by atoms with Gasteiger partial charge in [-0.3, -0.25) is 9.69 Å². The van der Waals surface area contributed by atoms with Crippen LogP contribution in [0.15, 0.2) is 6.20 Å². The van der Waals surface area contributed by atoms with Gasteiger partial charge in [0.15, 0.2) is 5.69 Å². The first-order valence-electron chi connectivity index (χ1n) is 6.36. The van der Waals surface area contributed by atoms with Gasteiger partial charge in [0.05, 0.1) is 17.9 Å². The average Bonchev–Trinajstić information content (AvgIpc) is 3.10. The number of nitrogens with zero attached hydrogens (tertiary/aromatic N) is 4. The van der Waals surface area contributed by atoms with Crippen molar-refractivity contribution in [2.75, 3.05) is 39.3 Å². The fourth-order valence-electron chi connectivity index (χ4n) is 2.69. The van der Waals surface area contributed by atoms with Crippen molar-refractivity contribution in [3.63, 3.8) is 0 Å². The highest BCUT2D eigenvalue weighted by atomic mass is 32.1. The molecule has 0 bridgehead atoms. The molecule has 2 saturated heterocycles. The lowest BCUT2D eigenvalue weighted by molar-refractivity contribution is 0.0769. The molecule has 0 radical (unpaired) electrons. The lowest BCUT2D eigenvalue weighted by atomic mass is 10.2. The summed E-state index contributed by atoms with van der Waals surface area (Å²) in [5, 5.41) is 3.36. The maximum atomic E-state index is 12.1. The van der Waals surface area contributed by atoms with Crippen molar-refractivity contribution in [1.29, 1.82) is 0 Å². The third-order valence-corrected chi connectivity index (χ3v) is 4.18. The monoisotopic (exact) mass is 267 g/mol. The van der Waals surface area contributed by atoms with Crippen molar-refractivity contribution >= 4 is 17.6 Å². The van der Waals surface area contributed by atoms with E-state index >= 15 is 0 Å². The first-order chi connectivity index (χ1) is 8.84. The summed E-state index contributed by atoms with van der Waals surface area (Å²) in [5.74, 6) is 0.0291. The van der Waals surface area contributed by atoms with E-state index in [0.717, 1.165) is 57.4 Å². The second-order valence-corrected chi connectivity index (χ2v) is 5.33. The first kappa shape index (κ1) is 12.0. The van der Waals surface area contributed by atoms with Crippen molar-refractivity contribution in [1.82, 2.24) is 23.9 Å². The molecule has 1 aromatic rings. The molecule has 18 heavy (non-hydrogen) atoms. The van der Waals surface area contributed by atoms with Gasteiger partial charge in [-0.25, -0.2) is 0 Å². The number of rotatable bonds is 2. The van der Waals surface area contributed by atoms with Gasteiger partial charge in [-0.15, -0.1) is 0 Å². The van der Waals surface area contributed by atoms with Crippen LogP contribution in [0, 0.1) is 0 Å². The smallest absolute Gasteiger partial charge is 0.275 e. The SMILES string of the molecule is O=C(c1cnsn1)N1CCC(N2CCNCC2)C1. The topological polar surface area (TPSA) is 61.4 Å². The number of carbonyl (C=O) groups is 1. The molecule has 3 rings (SSSR count). The van der Waals surface area contributed by atoms with E-state index in [1.54, 1.807) is 6.20 Å². The summed E-state index contributed by atoms with van der Waals surface area (Å²) in [4.78, 5) is 16.5. The quantitative estimate of drug-likeness (QED) is 0.794. The predicted molar refractivity (Wildman–Crippen MR) is 68.7 cm³/mol. The number of likely N-dealkylation sites (tertiary alicyclic amines) is 1. The van der Waals surface area contributed by atoms with E-state index in [0.29, 0.717) is 11.7 Å². The Kier molecular flexibility index (Phi) is 3.53. The number of piperazine rings is 1. The van der Waals surface area contributed by atoms with Gasteiger partial charge in [-0.05, 0) is 6.42 Å². The van der Waals surface area contributed by atoms with Gasteiger partial charge in [0.25, 0.3) is 5.91 Å². The standard InChI is InChI=1S/C11H17N5OS/c17-11(10-7-13-18-14-10)16-4-1-9(8-16)15-5-2-12-3-6-15/h7,9,12H,1-6,8H2. The lowest BCUT2D eigenvalue weighted by Crippen LogP contribution is -2.49. The maximum absolute atomic E-state index is 12.1. The normalized spacial score (nSPS) is 25.6. The van der Waals surface area contributed by atoms with E-state index in [1.807, 2.05) is 4.90 Å². The minimum Gasteiger partial charge on any atom is -0.336 e. The van der Waals surface area contributed by atoms with E-state index in [1.165, 1.54) is 0 Å². The van der Waals surface area contributed by atoms with Gasteiger partial charge in [-0.1, -0.05) is 0 Å². The van der Waals surface area contributed by atoms with Crippen LogP contribution in [0.4, 0.5) is 0 Å². The van der Waals surface area contributed by atoms with Gasteiger partial charge in [0, 0.05) is 45.3 Å². The second-order valence-electron chi connectivity index (χ2n) is 4.77. The summed E-state index contributed by atoms with van der Waals surface area (Å²) in [6, 6.07) is 0.516. The van der Waals surface area contributed by atoms with E-state index in [9.17, 15) is 4.79 Å². The van der Waals surface area contributed by atoms with Crippen molar-refractivity contribution in [3.8, 4) is 0 Å². The van der Waals surface area contributed by atoms with Crippen LogP contribution in [0.1, 0.15) is 16.9 Å². The molecule has 1 amide bonds. The van der Waals surface area contributed by atoms with E-state index in [2.05, 4.69) is 19.0 Å². The Bertz CT molecular complexity index is 404. The van der Waals surface area contributed by atoms with Gasteiger partial charge in [0.1, 0.15) is 0 Å². The molecule has 2 aliphatic heterocycles.